The number of hydrogen-bond donors (Lipinski definition) is 2. The van der Waals surface area contributed by atoms with Gasteiger partial charge in [0, 0.05) is 10.9 Å². The Hall–Kier alpha value is -2.87. The minimum Gasteiger partial charge on any atom is -0.497 e. The quantitative estimate of drug-likeness (QED) is 0.704. The Morgan fingerprint density at radius 3 is 2.93 bits per heavy atom. The highest BCUT2D eigenvalue weighted by Gasteiger charge is 2.22. The fourth-order valence-electron chi connectivity index (χ4n) is 3.73. The number of carbonyl (C=O) groups excluding carboxylic acids is 1. The number of ether oxygens (including phenoxy) is 1. The number of aromatic nitrogens is 3. The number of nitrogens with zero attached hydrogens (tertiary/aromatic N) is 3. The molecule has 0 spiro atoms. The van der Waals surface area contributed by atoms with Crippen LogP contribution in [0.15, 0.2) is 28.8 Å². The highest BCUT2D eigenvalue weighted by molar-refractivity contribution is 5.92. The molecule has 2 aromatic heterocycles. The molecule has 3 heterocycles. The van der Waals surface area contributed by atoms with E-state index in [1.807, 2.05) is 32.0 Å². The van der Waals surface area contributed by atoms with E-state index >= 15 is 0 Å². The van der Waals surface area contributed by atoms with Crippen molar-refractivity contribution < 1.29 is 13.9 Å². The van der Waals surface area contributed by atoms with Gasteiger partial charge in [0.05, 0.1) is 25.4 Å². The Balaban J connectivity index is 1.49. The largest absolute Gasteiger partial charge is 0.497 e. The minimum absolute atomic E-state index is 0.259. The summed E-state index contributed by atoms with van der Waals surface area (Å²) < 4.78 is 13.1. The summed E-state index contributed by atoms with van der Waals surface area (Å²) in [5.74, 6) is 1.24. The number of piperidine rings is 1. The fourth-order valence-corrected chi connectivity index (χ4v) is 3.73. The third-order valence-corrected chi connectivity index (χ3v) is 5.35. The van der Waals surface area contributed by atoms with Crippen LogP contribution in [0.3, 0.4) is 0 Å². The van der Waals surface area contributed by atoms with Gasteiger partial charge < -0.3 is 19.8 Å². The molecule has 28 heavy (non-hydrogen) atoms. The van der Waals surface area contributed by atoms with Gasteiger partial charge in [0.25, 0.3) is 5.91 Å². The lowest BCUT2D eigenvalue weighted by atomic mass is 10.1. The molecule has 1 amide bonds. The second-order valence-electron chi connectivity index (χ2n) is 7.21. The van der Waals surface area contributed by atoms with Gasteiger partial charge in [-0.2, -0.15) is 0 Å². The van der Waals surface area contributed by atoms with E-state index < -0.39 is 0 Å². The summed E-state index contributed by atoms with van der Waals surface area (Å²) in [6.07, 6.45) is 3.71. The zero-order valence-electron chi connectivity index (χ0n) is 16.4. The predicted octanol–water partition coefficient (Wildman–Crippen LogP) is 2.76. The lowest BCUT2D eigenvalue weighted by Gasteiger charge is -2.22. The van der Waals surface area contributed by atoms with Crippen LogP contribution in [-0.4, -0.2) is 41.1 Å². The van der Waals surface area contributed by atoms with E-state index in [1.165, 1.54) is 0 Å². The smallest absolute Gasteiger partial charge is 0.274 e. The van der Waals surface area contributed by atoms with Gasteiger partial charge in [0.2, 0.25) is 0 Å². The molecule has 2 N–H and O–H groups in total. The molecule has 1 aromatic carbocycles. The molecule has 1 unspecified atom stereocenters. The zero-order valence-corrected chi connectivity index (χ0v) is 16.4. The van der Waals surface area contributed by atoms with Crippen molar-refractivity contribution in [3.8, 4) is 5.75 Å². The van der Waals surface area contributed by atoms with Crippen LogP contribution in [0.1, 0.15) is 53.7 Å². The maximum atomic E-state index is 12.7. The number of methoxy groups -OCH3 is 1. The molecular weight excluding hydrogens is 358 g/mol. The van der Waals surface area contributed by atoms with Crippen LogP contribution in [0.2, 0.25) is 0 Å². The number of carbonyl (C=O) groups is 1. The first-order valence-corrected chi connectivity index (χ1v) is 9.57. The van der Waals surface area contributed by atoms with Crippen LogP contribution >= 0.6 is 0 Å². The van der Waals surface area contributed by atoms with Crippen molar-refractivity contribution in [1.29, 1.82) is 0 Å². The van der Waals surface area contributed by atoms with Crippen LogP contribution in [0, 0.1) is 6.92 Å². The summed E-state index contributed by atoms with van der Waals surface area (Å²) in [4.78, 5) is 12.7. The third-order valence-electron chi connectivity index (χ3n) is 5.35. The summed E-state index contributed by atoms with van der Waals surface area (Å²) >= 11 is 0. The molecular formula is C20H25N5O3. The van der Waals surface area contributed by atoms with Crippen molar-refractivity contribution in [1.82, 2.24) is 25.6 Å². The molecule has 8 nitrogen and oxygen atoms in total. The molecule has 4 rings (SSSR count). The van der Waals surface area contributed by atoms with Gasteiger partial charge in [-0.3, -0.25) is 4.79 Å². The van der Waals surface area contributed by atoms with Crippen molar-refractivity contribution in [2.45, 2.75) is 38.8 Å². The average molecular weight is 383 g/mol. The first kappa shape index (κ1) is 18.5. The van der Waals surface area contributed by atoms with Gasteiger partial charge in [-0.05, 0) is 58.0 Å². The second-order valence-corrected chi connectivity index (χ2v) is 7.21. The topological polar surface area (TPSA) is 94.2 Å². The van der Waals surface area contributed by atoms with E-state index in [0.29, 0.717) is 11.7 Å². The molecule has 0 saturated carbocycles. The molecule has 1 fully saturated rings. The third kappa shape index (κ3) is 3.47. The van der Waals surface area contributed by atoms with E-state index in [0.717, 1.165) is 54.0 Å². The highest BCUT2D eigenvalue weighted by Crippen LogP contribution is 2.32. The first-order chi connectivity index (χ1) is 13.6. The van der Waals surface area contributed by atoms with E-state index in [2.05, 4.69) is 20.9 Å². The van der Waals surface area contributed by atoms with Crippen molar-refractivity contribution in [3.05, 3.63) is 41.4 Å². The molecule has 0 bridgehead atoms. The highest BCUT2D eigenvalue weighted by atomic mass is 16.5. The predicted molar refractivity (Wildman–Crippen MR) is 105 cm³/mol. The van der Waals surface area contributed by atoms with Crippen LogP contribution < -0.4 is 15.4 Å². The Bertz CT molecular complexity index is 987. The molecule has 1 atom stereocenters. The van der Waals surface area contributed by atoms with E-state index in [1.54, 1.807) is 18.0 Å². The molecule has 3 aromatic rings. The molecule has 148 valence electrons. The van der Waals surface area contributed by atoms with E-state index in [4.69, 9.17) is 9.15 Å². The van der Waals surface area contributed by atoms with Crippen LogP contribution in [-0.2, 0) is 0 Å². The number of aryl methyl sites for hydroxylation is 1. The van der Waals surface area contributed by atoms with Crippen molar-refractivity contribution in [2.75, 3.05) is 20.2 Å². The molecule has 0 aliphatic carbocycles. The first-order valence-electron chi connectivity index (χ1n) is 9.57. The Morgan fingerprint density at radius 2 is 2.18 bits per heavy atom. The number of amides is 1. The number of furan rings is 1. The molecule has 0 radical (unpaired) electrons. The normalized spacial score (nSPS) is 16.2. The number of hydrogen-bond acceptors (Lipinski definition) is 6. The maximum Gasteiger partial charge on any atom is 0.274 e. The fraction of sp³-hybridized carbons (Fsp3) is 0.450. The van der Waals surface area contributed by atoms with Crippen molar-refractivity contribution >= 4 is 16.9 Å². The minimum atomic E-state index is -0.296. The van der Waals surface area contributed by atoms with E-state index in [-0.39, 0.29) is 11.9 Å². The number of benzene rings is 1. The number of nitrogens with one attached hydrogen (secondary N) is 2. The summed E-state index contributed by atoms with van der Waals surface area (Å²) in [5.41, 5.74) is 2.08. The Kier molecular flexibility index (Phi) is 5.04. The Morgan fingerprint density at radius 1 is 1.39 bits per heavy atom. The molecule has 1 saturated heterocycles. The summed E-state index contributed by atoms with van der Waals surface area (Å²) in [7, 11) is 1.64. The van der Waals surface area contributed by atoms with Gasteiger partial charge >= 0.3 is 0 Å². The van der Waals surface area contributed by atoms with Gasteiger partial charge in [0.1, 0.15) is 17.1 Å². The van der Waals surface area contributed by atoms with Crippen LogP contribution in [0.4, 0.5) is 0 Å². The zero-order chi connectivity index (χ0) is 19.7. The monoisotopic (exact) mass is 383 g/mol. The summed E-state index contributed by atoms with van der Waals surface area (Å²) in [6, 6.07) is 5.67. The maximum absolute atomic E-state index is 12.7. The van der Waals surface area contributed by atoms with Crippen LogP contribution in [0.25, 0.3) is 11.0 Å². The SMILES string of the molecule is COc1ccc2oc(C(C)NC(=O)c3cn(C4CCNCC4)nn3)c(C)c2c1. The van der Waals surface area contributed by atoms with Crippen molar-refractivity contribution in [2.24, 2.45) is 0 Å². The number of fused-ring (bicyclic) bond motifs is 1. The average Bonchev–Trinajstić information content (AvgIpc) is 3.34. The van der Waals surface area contributed by atoms with Gasteiger partial charge in [0.15, 0.2) is 5.69 Å². The van der Waals surface area contributed by atoms with Crippen LogP contribution in [0.5, 0.6) is 5.75 Å². The summed E-state index contributed by atoms with van der Waals surface area (Å²) in [5, 5.41) is 15.5. The molecule has 1 aliphatic heterocycles. The summed E-state index contributed by atoms with van der Waals surface area (Å²) in [6.45, 7) is 5.80. The van der Waals surface area contributed by atoms with Gasteiger partial charge in [-0.1, -0.05) is 5.21 Å². The lowest BCUT2D eigenvalue weighted by Crippen LogP contribution is -2.29. The number of rotatable bonds is 5. The molecule has 1 aliphatic rings. The van der Waals surface area contributed by atoms with Gasteiger partial charge in [-0.15, -0.1) is 5.10 Å². The van der Waals surface area contributed by atoms with Gasteiger partial charge in [-0.25, -0.2) is 4.68 Å². The van der Waals surface area contributed by atoms with Crippen molar-refractivity contribution in [3.63, 3.8) is 0 Å². The lowest BCUT2D eigenvalue weighted by molar-refractivity contribution is 0.0930. The Labute approximate surface area is 163 Å². The second kappa shape index (κ2) is 7.63. The van der Waals surface area contributed by atoms with E-state index in [9.17, 15) is 4.79 Å². The standard InChI is InChI=1S/C20H25N5O3/c1-12-16-10-15(27-3)4-5-18(16)28-19(12)13(2)22-20(26)17-11-25(24-23-17)14-6-8-21-9-7-14/h4-5,10-11,13-14,21H,6-9H2,1-3H3,(H,22,26). The molecule has 8 heteroatoms.